The van der Waals surface area contributed by atoms with Crippen LogP contribution in [0.1, 0.15) is 16.1 Å². The van der Waals surface area contributed by atoms with Crippen molar-refractivity contribution >= 4 is 17.4 Å². The van der Waals surface area contributed by atoms with E-state index >= 15 is 0 Å². The Balaban J connectivity index is 2.74. The van der Waals surface area contributed by atoms with E-state index in [-0.39, 0.29) is 0 Å². The summed E-state index contributed by atoms with van der Waals surface area (Å²) in [5.41, 5.74) is 7.18. The van der Waals surface area contributed by atoms with Gasteiger partial charge in [-0.1, -0.05) is 0 Å². The Morgan fingerprint density at radius 3 is 3.00 bits per heavy atom. The number of ether oxygens (including phenoxy) is 1. The minimum Gasteiger partial charge on any atom is -0.465 e. The third kappa shape index (κ3) is 1.39. The van der Waals surface area contributed by atoms with Crippen LogP contribution in [0.5, 0.6) is 0 Å². The molecule has 0 aliphatic heterocycles. The molecule has 2 aromatic heterocycles. The molecule has 78 valence electrons. The summed E-state index contributed by atoms with van der Waals surface area (Å²) in [7, 11) is 1.31. The van der Waals surface area contributed by atoms with Crippen LogP contribution in [0.25, 0.3) is 5.65 Å². The molecule has 0 aromatic carbocycles. The van der Waals surface area contributed by atoms with Crippen LogP contribution in [0.15, 0.2) is 12.3 Å². The fourth-order valence-corrected chi connectivity index (χ4v) is 1.37. The van der Waals surface area contributed by atoms with Crippen molar-refractivity contribution in [1.82, 2.24) is 14.6 Å². The second-order valence-corrected chi connectivity index (χ2v) is 3.11. The lowest BCUT2D eigenvalue weighted by molar-refractivity contribution is 0.0602. The minimum absolute atomic E-state index is 0.313. The molecule has 0 bridgehead atoms. The normalized spacial score (nSPS) is 10.5. The zero-order valence-electron chi connectivity index (χ0n) is 8.39. The van der Waals surface area contributed by atoms with Crippen LogP contribution < -0.4 is 5.73 Å². The number of anilines is 1. The Labute approximate surface area is 85.7 Å². The number of methoxy groups -OCH3 is 1. The van der Waals surface area contributed by atoms with E-state index in [2.05, 4.69) is 14.8 Å². The Morgan fingerprint density at radius 1 is 1.60 bits per heavy atom. The monoisotopic (exact) mass is 206 g/mol. The highest BCUT2D eigenvalue weighted by atomic mass is 16.5. The van der Waals surface area contributed by atoms with Crippen molar-refractivity contribution in [2.75, 3.05) is 12.8 Å². The first kappa shape index (κ1) is 9.45. The quantitative estimate of drug-likeness (QED) is 0.683. The SMILES string of the molecule is COC(=O)c1cnn2c(N)cc(C)nc12. The van der Waals surface area contributed by atoms with E-state index < -0.39 is 5.97 Å². The van der Waals surface area contributed by atoms with Crippen LogP contribution in [0, 0.1) is 6.92 Å². The number of aryl methyl sites for hydroxylation is 1. The first-order chi connectivity index (χ1) is 7.13. The molecule has 6 nitrogen and oxygen atoms in total. The van der Waals surface area contributed by atoms with Gasteiger partial charge >= 0.3 is 5.97 Å². The summed E-state index contributed by atoms with van der Waals surface area (Å²) >= 11 is 0. The van der Waals surface area contributed by atoms with Crippen molar-refractivity contribution in [1.29, 1.82) is 0 Å². The Hall–Kier alpha value is -2.11. The van der Waals surface area contributed by atoms with Crippen LogP contribution in [-0.2, 0) is 4.74 Å². The summed E-state index contributed by atoms with van der Waals surface area (Å²) in [6.45, 7) is 1.80. The van der Waals surface area contributed by atoms with E-state index in [0.29, 0.717) is 17.0 Å². The van der Waals surface area contributed by atoms with Crippen molar-refractivity contribution < 1.29 is 9.53 Å². The van der Waals surface area contributed by atoms with Crippen molar-refractivity contribution in [3.8, 4) is 0 Å². The fourth-order valence-electron chi connectivity index (χ4n) is 1.37. The zero-order chi connectivity index (χ0) is 11.0. The fraction of sp³-hybridized carbons (Fsp3) is 0.222. The maximum absolute atomic E-state index is 11.4. The topological polar surface area (TPSA) is 82.5 Å². The van der Waals surface area contributed by atoms with E-state index in [1.54, 1.807) is 13.0 Å². The summed E-state index contributed by atoms with van der Waals surface area (Å²) in [5.74, 6) is -0.0323. The Bertz CT molecular complexity index is 532. The number of carbonyl (C=O) groups excluding carboxylic acids is 1. The third-order valence-electron chi connectivity index (χ3n) is 2.03. The Kier molecular flexibility index (Phi) is 2.03. The number of esters is 1. The molecule has 0 saturated carbocycles. The number of aromatic nitrogens is 3. The lowest BCUT2D eigenvalue weighted by Crippen LogP contribution is -2.05. The van der Waals surface area contributed by atoms with Gasteiger partial charge in [0.05, 0.1) is 13.3 Å². The molecule has 2 heterocycles. The molecule has 0 aliphatic rings. The molecule has 0 fully saturated rings. The van der Waals surface area contributed by atoms with Gasteiger partial charge in [-0.05, 0) is 6.92 Å². The Morgan fingerprint density at radius 2 is 2.33 bits per heavy atom. The van der Waals surface area contributed by atoms with Gasteiger partial charge in [0.1, 0.15) is 11.4 Å². The average molecular weight is 206 g/mol. The van der Waals surface area contributed by atoms with Crippen LogP contribution in [-0.4, -0.2) is 27.7 Å². The molecule has 0 unspecified atom stereocenters. The predicted molar refractivity (Wildman–Crippen MR) is 53.5 cm³/mol. The highest BCUT2D eigenvalue weighted by Crippen LogP contribution is 2.13. The molecule has 0 aliphatic carbocycles. The molecule has 0 spiro atoms. The van der Waals surface area contributed by atoms with Crippen LogP contribution in [0.3, 0.4) is 0 Å². The molecule has 0 radical (unpaired) electrons. The van der Waals surface area contributed by atoms with E-state index in [1.165, 1.54) is 17.8 Å². The second-order valence-electron chi connectivity index (χ2n) is 3.11. The van der Waals surface area contributed by atoms with E-state index in [0.717, 1.165) is 5.69 Å². The second kappa shape index (κ2) is 3.23. The minimum atomic E-state index is -0.470. The summed E-state index contributed by atoms with van der Waals surface area (Å²) in [4.78, 5) is 15.5. The van der Waals surface area contributed by atoms with E-state index in [4.69, 9.17) is 5.73 Å². The molecule has 0 amide bonds. The molecule has 2 N–H and O–H groups in total. The highest BCUT2D eigenvalue weighted by molar-refractivity contribution is 5.95. The van der Waals surface area contributed by atoms with Crippen molar-refractivity contribution in [2.45, 2.75) is 6.92 Å². The maximum Gasteiger partial charge on any atom is 0.343 e. The average Bonchev–Trinajstić information content (AvgIpc) is 2.60. The molecule has 0 saturated heterocycles. The van der Waals surface area contributed by atoms with Gasteiger partial charge in [0.15, 0.2) is 5.65 Å². The molecule has 6 heteroatoms. The largest absolute Gasteiger partial charge is 0.465 e. The van der Waals surface area contributed by atoms with E-state index in [9.17, 15) is 4.79 Å². The molecule has 2 rings (SSSR count). The van der Waals surface area contributed by atoms with Gasteiger partial charge in [-0.15, -0.1) is 0 Å². The molecule has 2 aromatic rings. The number of nitrogens with two attached hydrogens (primary N) is 1. The lowest BCUT2D eigenvalue weighted by Gasteiger charge is -2.01. The highest BCUT2D eigenvalue weighted by Gasteiger charge is 2.15. The third-order valence-corrected chi connectivity index (χ3v) is 2.03. The molecule has 0 atom stereocenters. The van der Waals surface area contributed by atoms with E-state index in [1.807, 2.05) is 0 Å². The van der Waals surface area contributed by atoms with Crippen LogP contribution in [0.4, 0.5) is 5.82 Å². The summed E-state index contributed by atoms with van der Waals surface area (Å²) < 4.78 is 6.01. The summed E-state index contributed by atoms with van der Waals surface area (Å²) in [6, 6.07) is 1.68. The zero-order valence-corrected chi connectivity index (χ0v) is 8.39. The van der Waals surface area contributed by atoms with Crippen molar-refractivity contribution in [2.24, 2.45) is 0 Å². The van der Waals surface area contributed by atoms with Crippen LogP contribution >= 0.6 is 0 Å². The predicted octanol–water partition coefficient (Wildman–Crippen LogP) is 0.407. The van der Waals surface area contributed by atoms with Gasteiger partial charge in [-0.25, -0.2) is 9.78 Å². The number of rotatable bonds is 1. The molecular formula is C9H10N4O2. The van der Waals surface area contributed by atoms with Gasteiger partial charge < -0.3 is 10.5 Å². The van der Waals surface area contributed by atoms with Crippen LogP contribution in [0.2, 0.25) is 0 Å². The van der Waals surface area contributed by atoms with Gasteiger partial charge in [-0.2, -0.15) is 9.61 Å². The number of nitrogens with zero attached hydrogens (tertiary/aromatic N) is 3. The van der Waals surface area contributed by atoms with Gasteiger partial charge in [0.25, 0.3) is 0 Å². The van der Waals surface area contributed by atoms with Crippen molar-refractivity contribution in [3.63, 3.8) is 0 Å². The summed E-state index contributed by atoms with van der Waals surface area (Å²) in [5, 5.41) is 3.96. The standard InChI is InChI=1S/C9H10N4O2/c1-5-3-7(10)13-8(12-5)6(4-11-13)9(14)15-2/h3-4H,10H2,1-2H3. The first-order valence-corrected chi connectivity index (χ1v) is 4.32. The van der Waals surface area contributed by atoms with Gasteiger partial charge in [-0.3, -0.25) is 0 Å². The maximum atomic E-state index is 11.4. The first-order valence-electron chi connectivity index (χ1n) is 4.32. The van der Waals surface area contributed by atoms with Crippen molar-refractivity contribution in [3.05, 3.63) is 23.5 Å². The lowest BCUT2D eigenvalue weighted by atomic mass is 10.3. The molecular weight excluding hydrogens is 196 g/mol. The van der Waals surface area contributed by atoms with Gasteiger partial charge in [0, 0.05) is 11.8 Å². The number of nitrogen functional groups attached to an aromatic ring is 1. The smallest absolute Gasteiger partial charge is 0.343 e. The number of carbonyl (C=O) groups is 1. The number of hydrogen-bond donors (Lipinski definition) is 1. The van der Waals surface area contributed by atoms with Gasteiger partial charge in [0.2, 0.25) is 0 Å². The summed E-state index contributed by atoms with van der Waals surface area (Å²) in [6.07, 6.45) is 1.39. The number of hydrogen-bond acceptors (Lipinski definition) is 5. The molecule has 15 heavy (non-hydrogen) atoms. The number of fused-ring (bicyclic) bond motifs is 1.